The summed E-state index contributed by atoms with van der Waals surface area (Å²) in [6.45, 7) is 0.228. The molecule has 0 aliphatic carbocycles. The minimum absolute atomic E-state index is 0.228. The Morgan fingerprint density at radius 2 is 1.78 bits per heavy atom. The molecule has 1 aromatic heterocycles. The van der Waals surface area contributed by atoms with Crippen molar-refractivity contribution in [1.29, 1.82) is 0 Å². The van der Waals surface area contributed by atoms with E-state index < -0.39 is 0 Å². The van der Waals surface area contributed by atoms with Crippen LogP contribution >= 0.6 is 0 Å². The Kier molecular flexibility index (Phi) is 4.42. The van der Waals surface area contributed by atoms with Crippen LogP contribution in [0.4, 0.5) is 0 Å². The summed E-state index contributed by atoms with van der Waals surface area (Å²) in [5.74, 6) is 2.88. The first-order valence-corrected chi connectivity index (χ1v) is 7.03. The lowest BCUT2D eigenvalue weighted by atomic mass is 10.2. The molecular weight excluding hydrogens is 296 g/mol. The van der Waals surface area contributed by atoms with Gasteiger partial charge in [0.1, 0.15) is 17.2 Å². The third-order valence-electron chi connectivity index (χ3n) is 3.22. The number of benzene rings is 2. The Bertz CT molecular complexity index is 771. The Hall–Kier alpha value is -3.02. The van der Waals surface area contributed by atoms with Crippen LogP contribution in [-0.2, 0) is 6.61 Å². The maximum absolute atomic E-state index is 5.60. The maximum Gasteiger partial charge on any atom is 0.261 e. The van der Waals surface area contributed by atoms with E-state index in [0.29, 0.717) is 28.8 Å². The van der Waals surface area contributed by atoms with E-state index in [1.54, 1.807) is 20.3 Å². The predicted octanol–water partition coefficient (Wildman–Crippen LogP) is 3.33. The number of methoxy groups -OCH3 is 2. The fourth-order valence-electron chi connectivity index (χ4n) is 2.06. The summed E-state index contributed by atoms with van der Waals surface area (Å²) < 4.78 is 21.4. The van der Waals surface area contributed by atoms with Gasteiger partial charge in [-0.2, -0.15) is 4.98 Å². The number of hydrogen-bond acceptors (Lipinski definition) is 6. The SMILES string of the molecule is COc1ccc(-c2nc(COc3ccccc3)no2)c(OC)c1. The lowest BCUT2D eigenvalue weighted by Crippen LogP contribution is -1.97. The standard InChI is InChI=1S/C17H16N2O4/c1-20-13-8-9-14(15(10-13)21-2)17-18-16(19-23-17)11-22-12-6-4-3-5-7-12/h3-10H,11H2,1-2H3. The van der Waals surface area contributed by atoms with Gasteiger partial charge in [0.2, 0.25) is 5.82 Å². The van der Waals surface area contributed by atoms with Crippen LogP contribution in [0.1, 0.15) is 5.82 Å². The van der Waals surface area contributed by atoms with Crippen LogP contribution in [0.2, 0.25) is 0 Å². The van der Waals surface area contributed by atoms with Crippen LogP contribution in [0, 0.1) is 0 Å². The fraction of sp³-hybridized carbons (Fsp3) is 0.176. The Morgan fingerprint density at radius 3 is 2.52 bits per heavy atom. The van der Waals surface area contributed by atoms with E-state index in [1.165, 1.54) is 0 Å². The highest BCUT2D eigenvalue weighted by Gasteiger charge is 2.15. The van der Waals surface area contributed by atoms with Gasteiger partial charge in [0.05, 0.1) is 19.8 Å². The van der Waals surface area contributed by atoms with E-state index >= 15 is 0 Å². The molecule has 23 heavy (non-hydrogen) atoms. The lowest BCUT2D eigenvalue weighted by Gasteiger charge is -2.06. The van der Waals surface area contributed by atoms with Crippen molar-refractivity contribution >= 4 is 0 Å². The summed E-state index contributed by atoms with van der Waals surface area (Å²) in [5, 5.41) is 3.93. The molecule has 0 aliphatic rings. The van der Waals surface area contributed by atoms with Gasteiger partial charge < -0.3 is 18.7 Å². The third-order valence-corrected chi connectivity index (χ3v) is 3.22. The summed E-state index contributed by atoms with van der Waals surface area (Å²) in [4.78, 5) is 4.34. The van der Waals surface area contributed by atoms with Crippen molar-refractivity contribution in [3.63, 3.8) is 0 Å². The largest absolute Gasteiger partial charge is 0.497 e. The van der Waals surface area contributed by atoms with Crippen LogP contribution in [0.3, 0.4) is 0 Å². The summed E-state index contributed by atoms with van der Waals surface area (Å²) >= 11 is 0. The number of nitrogens with zero attached hydrogens (tertiary/aromatic N) is 2. The summed E-state index contributed by atoms with van der Waals surface area (Å²) in [6.07, 6.45) is 0. The first-order valence-electron chi connectivity index (χ1n) is 7.03. The van der Waals surface area contributed by atoms with Crippen molar-refractivity contribution in [1.82, 2.24) is 10.1 Å². The minimum atomic E-state index is 0.228. The molecule has 3 rings (SSSR count). The van der Waals surface area contributed by atoms with Crippen molar-refractivity contribution < 1.29 is 18.7 Å². The first-order chi connectivity index (χ1) is 11.3. The number of para-hydroxylation sites is 1. The summed E-state index contributed by atoms with van der Waals surface area (Å²) in [7, 11) is 3.17. The zero-order chi connectivity index (χ0) is 16.1. The Labute approximate surface area is 133 Å². The maximum atomic E-state index is 5.60. The number of hydrogen-bond donors (Lipinski definition) is 0. The molecule has 0 unspecified atom stereocenters. The van der Waals surface area contributed by atoms with Gasteiger partial charge in [-0.1, -0.05) is 23.4 Å². The van der Waals surface area contributed by atoms with Crippen LogP contribution < -0.4 is 14.2 Å². The number of aromatic nitrogens is 2. The van der Waals surface area contributed by atoms with Gasteiger partial charge in [-0.25, -0.2) is 0 Å². The molecule has 0 spiro atoms. The normalized spacial score (nSPS) is 10.3. The molecule has 0 radical (unpaired) electrons. The van der Waals surface area contributed by atoms with Crippen LogP contribution in [0.25, 0.3) is 11.5 Å². The second-order valence-electron chi connectivity index (χ2n) is 4.68. The number of rotatable bonds is 6. The van der Waals surface area contributed by atoms with Crippen molar-refractivity contribution in [3.05, 3.63) is 54.4 Å². The molecular formula is C17H16N2O4. The van der Waals surface area contributed by atoms with Crippen LogP contribution in [0.5, 0.6) is 17.2 Å². The molecule has 0 saturated carbocycles. The molecule has 3 aromatic rings. The molecule has 6 nitrogen and oxygen atoms in total. The van der Waals surface area contributed by atoms with E-state index in [0.717, 1.165) is 5.75 Å². The second-order valence-corrected chi connectivity index (χ2v) is 4.68. The van der Waals surface area contributed by atoms with E-state index in [4.69, 9.17) is 18.7 Å². The molecule has 2 aromatic carbocycles. The highest BCUT2D eigenvalue weighted by molar-refractivity contribution is 5.64. The van der Waals surface area contributed by atoms with Gasteiger partial charge in [0.15, 0.2) is 6.61 Å². The van der Waals surface area contributed by atoms with Crippen LogP contribution in [0.15, 0.2) is 53.1 Å². The highest BCUT2D eigenvalue weighted by Crippen LogP contribution is 2.32. The zero-order valence-electron chi connectivity index (χ0n) is 12.9. The van der Waals surface area contributed by atoms with Gasteiger partial charge in [-0.05, 0) is 24.3 Å². The third kappa shape index (κ3) is 3.42. The van der Waals surface area contributed by atoms with E-state index in [9.17, 15) is 0 Å². The van der Waals surface area contributed by atoms with E-state index in [2.05, 4.69) is 10.1 Å². The molecule has 6 heteroatoms. The van der Waals surface area contributed by atoms with Crippen LogP contribution in [-0.4, -0.2) is 24.4 Å². The molecule has 0 atom stereocenters. The number of ether oxygens (including phenoxy) is 3. The topological polar surface area (TPSA) is 66.6 Å². The molecule has 0 amide bonds. The fourth-order valence-corrected chi connectivity index (χ4v) is 2.06. The predicted molar refractivity (Wildman–Crippen MR) is 83.6 cm³/mol. The van der Waals surface area contributed by atoms with Crippen molar-refractivity contribution in [2.45, 2.75) is 6.61 Å². The average molecular weight is 312 g/mol. The smallest absolute Gasteiger partial charge is 0.261 e. The molecule has 0 bridgehead atoms. The van der Waals surface area contributed by atoms with Gasteiger partial charge >= 0.3 is 0 Å². The quantitative estimate of drug-likeness (QED) is 0.695. The van der Waals surface area contributed by atoms with Gasteiger partial charge in [-0.15, -0.1) is 0 Å². The Balaban J connectivity index is 1.76. The molecule has 0 fully saturated rings. The van der Waals surface area contributed by atoms with Gasteiger partial charge in [-0.3, -0.25) is 0 Å². The van der Waals surface area contributed by atoms with Gasteiger partial charge in [0.25, 0.3) is 5.89 Å². The molecule has 0 N–H and O–H groups in total. The van der Waals surface area contributed by atoms with E-state index in [1.807, 2.05) is 42.5 Å². The summed E-state index contributed by atoms with van der Waals surface area (Å²) in [5.41, 5.74) is 0.701. The molecule has 1 heterocycles. The lowest BCUT2D eigenvalue weighted by molar-refractivity contribution is 0.287. The zero-order valence-corrected chi connectivity index (χ0v) is 12.9. The van der Waals surface area contributed by atoms with Crippen molar-refractivity contribution in [3.8, 4) is 28.7 Å². The minimum Gasteiger partial charge on any atom is -0.497 e. The van der Waals surface area contributed by atoms with Crippen molar-refractivity contribution in [2.24, 2.45) is 0 Å². The molecule has 0 saturated heterocycles. The highest BCUT2D eigenvalue weighted by atomic mass is 16.5. The average Bonchev–Trinajstić information content (AvgIpc) is 3.09. The monoisotopic (exact) mass is 312 g/mol. The Morgan fingerprint density at radius 1 is 0.957 bits per heavy atom. The first kappa shape index (κ1) is 14.9. The summed E-state index contributed by atoms with van der Waals surface area (Å²) in [6, 6.07) is 14.9. The second kappa shape index (κ2) is 6.83. The van der Waals surface area contributed by atoms with Gasteiger partial charge in [0, 0.05) is 6.07 Å². The van der Waals surface area contributed by atoms with E-state index in [-0.39, 0.29) is 6.61 Å². The van der Waals surface area contributed by atoms with Crippen molar-refractivity contribution in [2.75, 3.05) is 14.2 Å². The molecule has 0 aliphatic heterocycles. The molecule has 118 valence electrons.